The number of hydrogen-bond donors (Lipinski definition) is 0. The second-order valence-electron chi connectivity index (χ2n) is 8.42. The molecular weight excluding hydrogens is 340 g/mol. The molecule has 1 saturated carbocycles. The molecule has 1 aromatic carbocycles. The van der Waals surface area contributed by atoms with E-state index in [-0.39, 0.29) is 17.9 Å². The lowest BCUT2D eigenvalue weighted by atomic mass is 9.62. The third-order valence-corrected chi connectivity index (χ3v) is 6.79. The minimum Gasteiger partial charge on any atom is -0.484 e. The molecule has 0 bridgehead atoms. The zero-order chi connectivity index (χ0) is 18.7. The smallest absolute Gasteiger partial charge is 0.260 e. The Bertz CT molecular complexity index is 665. The number of para-hydroxylation sites is 1. The third kappa shape index (κ3) is 3.97. The maximum Gasteiger partial charge on any atom is 0.260 e. The van der Waals surface area contributed by atoms with Crippen molar-refractivity contribution in [3.8, 4) is 5.75 Å². The van der Waals surface area contributed by atoms with E-state index in [1.54, 1.807) is 0 Å². The predicted octanol–water partition coefficient (Wildman–Crippen LogP) is 3.10. The van der Waals surface area contributed by atoms with E-state index in [2.05, 4.69) is 0 Å². The molecule has 146 valence electrons. The molecule has 1 aromatic rings. The Morgan fingerprint density at radius 1 is 1.00 bits per heavy atom. The molecule has 1 atom stereocenters. The van der Waals surface area contributed by atoms with E-state index in [0.717, 1.165) is 51.2 Å². The van der Waals surface area contributed by atoms with Crippen molar-refractivity contribution in [2.24, 2.45) is 11.3 Å². The molecule has 5 heteroatoms. The van der Waals surface area contributed by atoms with Gasteiger partial charge in [0.1, 0.15) is 5.75 Å². The van der Waals surface area contributed by atoms with Crippen LogP contribution in [0.5, 0.6) is 5.75 Å². The van der Waals surface area contributed by atoms with Crippen molar-refractivity contribution in [1.82, 2.24) is 9.80 Å². The van der Waals surface area contributed by atoms with E-state index >= 15 is 0 Å². The van der Waals surface area contributed by atoms with Crippen LogP contribution in [0.15, 0.2) is 30.3 Å². The standard InChI is InChI=1S/C22H30N2O3/c25-20(23-13-4-5-14-23)10-9-18-15-24(17-22(18)11-6-12-22)21(26)16-27-19-7-2-1-3-8-19/h1-3,7-8,18H,4-6,9-17H2. The number of ether oxygens (including phenoxy) is 1. The number of nitrogens with zero attached hydrogens (tertiary/aromatic N) is 2. The maximum absolute atomic E-state index is 12.7. The quantitative estimate of drug-likeness (QED) is 0.773. The highest BCUT2D eigenvalue weighted by atomic mass is 16.5. The minimum atomic E-state index is 0.0681. The lowest BCUT2D eigenvalue weighted by Crippen LogP contribution is -2.39. The molecule has 0 N–H and O–H groups in total. The third-order valence-electron chi connectivity index (χ3n) is 6.79. The largest absolute Gasteiger partial charge is 0.484 e. The van der Waals surface area contributed by atoms with Crippen LogP contribution >= 0.6 is 0 Å². The van der Waals surface area contributed by atoms with Crippen molar-refractivity contribution >= 4 is 11.8 Å². The van der Waals surface area contributed by atoms with Crippen molar-refractivity contribution in [2.45, 2.75) is 44.9 Å². The predicted molar refractivity (Wildman–Crippen MR) is 103 cm³/mol. The van der Waals surface area contributed by atoms with Crippen molar-refractivity contribution in [3.05, 3.63) is 30.3 Å². The van der Waals surface area contributed by atoms with Gasteiger partial charge in [-0.15, -0.1) is 0 Å². The molecule has 3 fully saturated rings. The van der Waals surface area contributed by atoms with E-state index in [9.17, 15) is 9.59 Å². The van der Waals surface area contributed by atoms with Crippen LogP contribution in [0, 0.1) is 11.3 Å². The number of likely N-dealkylation sites (tertiary alicyclic amines) is 2. The topological polar surface area (TPSA) is 49.9 Å². The van der Waals surface area contributed by atoms with Crippen LogP contribution in [0.1, 0.15) is 44.9 Å². The molecule has 0 aromatic heterocycles. The maximum atomic E-state index is 12.7. The molecule has 0 radical (unpaired) electrons. The van der Waals surface area contributed by atoms with Gasteiger partial charge in [0.05, 0.1) is 0 Å². The normalized spacial score (nSPS) is 23.5. The molecular formula is C22H30N2O3. The Morgan fingerprint density at radius 2 is 1.74 bits per heavy atom. The number of carbonyl (C=O) groups is 2. The number of amides is 2. The molecule has 2 aliphatic heterocycles. The summed E-state index contributed by atoms with van der Waals surface area (Å²) in [5, 5.41) is 0. The minimum absolute atomic E-state index is 0.0681. The van der Waals surface area contributed by atoms with E-state index in [0.29, 0.717) is 18.2 Å². The van der Waals surface area contributed by atoms with Crippen LogP contribution in [0.25, 0.3) is 0 Å². The van der Waals surface area contributed by atoms with E-state index in [4.69, 9.17) is 4.74 Å². The van der Waals surface area contributed by atoms with Gasteiger partial charge in [-0.25, -0.2) is 0 Å². The zero-order valence-electron chi connectivity index (χ0n) is 16.1. The summed E-state index contributed by atoms with van der Waals surface area (Å²) in [6, 6.07) is 9.50. The van der Waals surface area contributed by atoms with Crippen LogP contribution < -0.4 is 4.74 Å². The number of carbonyl (C=O) groups excluding carboxylic acids is 2. The number of hydrogen-bond acceptors (Lipinski definition) is 3. The second kappa shape index (κ2) is 7.91. The zero-order valence-corrected chi connectivity index (χ0v) is 16.1. The van der Waals surface area contributed by atoms with Crippen LogP contribution in [0.2, 0.25) is 0 Å². The Balaban J connectivity index is 1.30. The van der Waals surface area contributed by atoms with Gasteiger partial charge in [0.15, 0.2) is 6.61 Å². The van der Waals surface area contributed by atoms with Crippen LogP contribution in [-0.4, -0.2) is 54.4 Å². The van der Waals surface area contributed by atoms with Gasteiger partial charge in [-0.05, 0) is 55.6 Å². The molecule has 27 heavy (non-hydrogen) atoms. The van der Waals surface area contributed by atoms with Gasteiger partial charge in [-0.2, -0.15) is 0 Å². The average molecular weight is 370 g/mol. The van der Waals surface area contributed by atoms with Gasteiger partial charge in [0.25, 0.3) is 5.91 Å². The highest BCUT2D eigenvalue weighted by Gasteiger charge is 2.51. The molecule has 1 spiro atoms. The molecule has 2 amide bonds. The Labute approximate surface area is 161 Å². The van der Waals surface area contributed by atoms with Crippen molar-refractivity contribution < 1.29 is 14.3 Å². The summed E-state index contributed by atoms with van der Waals surface area (Å²) in [5.74, 6) is 1.56. The van der Waals surface area contributed by atoms with Crippen molar-refractivity contribution in [2.75, 3.05) is 32.8 Å². The monoisotopic (exact) mass is 370 g/mol. The summed E-state index contributed by atoms with van der Waals surface area (Å²) in [6.45, 7) is 3.57. The SMILES string of the molecule is O=C(CCC1CN(C(=O)COc2ccccc2)CC12CCC2)N1CCCC1. The molecule has 2 saturated heterocycles. The molecule has 2 heterocycles. The van der Waals surface area contributed by atoms with Gasteiger partial charge >= 0.3 is 0 Å². The van der Waals surface area contributed by atoms with E-state index in [1.807, 2.05) is 40.1 Å². The van der Waals surface area contributed by atoms with Crippen molar-refractivity contribution in [3.63, 3.8) is 0 Å². The lowest BCUT2D eigenvalue weighted by molar-refractivity contribution is -0.133. The summed E-state index contributed by atoms with van der Waals surface area (Å²) >= 11 is 0. The Hall–Kier alpha value is -2.04. The highest BCUT2D eigenvalue weighted by Crippen LogP contribution is 2.53. The summed E-state index contributed by atoms with van der Waals surface area (Å²) < 4.78 is 5.65. The summed E-state index contributed by atoms with van der Waals surface area (Å²) in [5.41, 5.74) is 0.258. The van der Waals surface area contributed by atoms with E-state index < -0.39 is 0 Å². The van der Waals surface area contributed by atoms with Crippen molar-refractivity contribution in [1.29, 1.82) is 0 Å². The fraction of sp³-hybridized carbons (Fsp3) is 0.636. The van der Waals surface area contributed by atoms with Gasteiger partial charge in [0, 0.05) is 32.6 Å². The van der Waals surface area contributed by atoms with Gasteiger partial charge in [-0.3, -0.25) is 9.59 Å². The fourth-order valence-electron chi connectivity index (χ4n) is 4.99. The second-order valence-corrected chi connectivity index (χ2v) is 8.42. The van der Waals surface area contributed by atoms with Gasteiger partial charge < -0.3 is 14.5 Å². The Kier molecular flexibility index (Phi) is 5.37. The molecule has 4 rings (SSSR count). The summed E-state index contributed by atoms with van der Waals surface area (Å²) in [4.78, 5) is 29.1. The molecule has 1 unspecified atom stereocenters. The molecule has 1 aliphatic carbocycles. The first-order valence-electron chi connectivity index (χ1n) is 10.4. The molecule has 5 nitrogen and oxygen atoms in total. The average Bonchev–Trinajstić information content (AvgIpc) is 3.32. The fourth-order valence-corrected chi connectivity index (χ4v) is 4.99. The number of benzene rings is 1. The van der Waals surface area contributed by atoms with Crippen LogP contribution in [0.3, 0.4) is 0 Å². The first kappa shape index (κ1) is 18.3. The molecule has 3 aliphatic rings. The first-order valence-corrected chi connectivity index (χ1v) is 10.4. The Morgan fingerprint density at radius 3 is 2.41 bits per heavy atom. The number of rotatable bonds is 6. The summed E-state index contributed by atoms with van der Waals surface area (Å²) in [6.07, 6.45) is 7.47. The first-order chi connectivity index (χ1) is 13.2. The van der Waals surface area contributed by atoms with Crippen LogP contribution in [-0.2, 0) is 9.59 Å². The van der Waals surface area contributed by atoms with Crippen LogP contribution in [0.4, 0.5) is 0 Å². The van der Waals surface area contributed by atoms with E-state index in [1.165, 1.54) is 19.3 Å². The summed E-state index contributed by atoms with van der Waals surface area (Å²) in [7, 11) is 0. The highest BCUT2D eigenvalue weighted by molar-refractivity contribution is 5.78. The van der Waals surface area contributed by atoms with Gasteiger partial charge in [0.2, 0.25) is 5.91 Å². The lowest BCUT2D eigenvalue weighted by Gasteiger charge is -2.43. The van der Waals surface area contributed by atoms with Gasteiger partial charge in [-0.1, -0.05) is 24.6 Å².